The van der Waals surface area contributed by atoms with E-state index >= 15 is 0 Å². The van der Waals surface area contributed by atoms with E-state index in [9.17, 15) is 0 Å². The Balaban J connectivity index is 2.71. The van der Waals surface area contributed by atoms with Gasteiger partial charge in [-0.25, -0.2) is 0 Å². The van der Waals surface area contributed by atoms with Gasteiger partial charge in [0.2, 0.25) is 0 Å². The van der Waals surface area contributed by atoms with Crippen molar-refractivity contribution in [3.63, 3.8) is 0 Å². The molecule has 14 heavy (non-hydrogen) atoms. The first kappa shape index (κ1) is 8.94. The summed E-state index contributed by atoms with van der Waals surface area (Å²) in [6, 6.07) is 3.93. The molecule has 0 atom stereocenters. The Kier molecular flexibility index (Phi) is 2.08. The second-order valence-electron chi connectivity index (χ2n) is 3.22. The van der Waals surface area contributed by atoms with E-state index in [-0.39, 0.29) is 0 Å². The molecular formula is C11H13NO2. The Morgan fingerprint density at radius 1 is 1.07 bits per heavy atom. The molecule has 1 aromatic heterocycles. The maximum Gasteiger partial charge on any atom is 0.162 e. The molecule has 0 bridgehead atoms. The topological polar surface area (TPSA) is 34.2 Å². The van der Waals surface area contributed by atoms with E-state index in [0.717, 1.165) is 17.0 Å². The number of H-pyrrole nitrogens is 1. The number of aryl methyl sites for hydroxylation is 1. The molecule has 1 aromatic carbocycles. The van der Waals surface area contributed by atoms with Crippen LogP contribution in [0.15, 0.2) is 18.3 Å². The molecule has 0 aliphatic heterocycles. The van der Waals surface area contributed by atoms with Gasteiger partial charge in [0.25, 0.3) is 0 Å². The van der Waals surface area contributed by atoms with Crippen molar-refractivity contribution in [3.8, 4) is 11.5 Å². The van der Waals surface area contributed by atoms with Gasteiger partial charge in [-0.05, 0) is 18.6 Å². The fourth-order valence-electron chi connectivity index (χ4n) is 1.59. The summed E-state index contributed by atoms with van der Waals surface area (Å²) < 4.78 is 10.4. The van der Waals surface area contributed by atoms with Gasteiger partial charge in [-0.15, -0.1) is 0 Å². The van der Waals surface area contributed by atoms with E-state index in [1.807, 2.05) is 18.3 Å². The first-order valence-electron chi connectivity index (χ1n) is 4.46. The zero-order valence-corrected chi connectivity index (χ0v) is 8.55. The summed E-state index contributed by atoms with van der Waals surface area (Å²) in [7, 11) is 3.28. The maximum atomic E-state index is 5.23. The van der Waals surface area contributed by atoms with Gasteiger partial charge in [-0.3, -0.25) is 0 Å². The number of nitrogens with one attached hydrogen (secondary N) is 1. The van der Waals surface area contributed by atoms with Crippen LogP contribution in [0.5, 0.6) is 11.5 Å². The van der Waals surface area contributed by atoms with E-state index in [4.69, 9.17) is 9.47 Å². The number of fused-ring (bicyclic) bond motifs is 1. The largest absolute Gasteiger partial charge is 0.493 e. The quantitative estimate of drug-likeness (QED) is 0.791. The van der Waals surface area contributed by atoms with Crippen LogP contribution >= 0.6 is 0 Å². The smallest absolute Gasteiger partial charge is 0.162 e. The fourth-order valence-corrected chi connectivity index (χ4v) is 1.59. The number of hydrogen-bond acceptors (Lipinski definition) is 2. The molecule has 0 saturated heterocycles. The number of aromatic amines is 1. The summed E-state index contributed by atoms with van der Waals surface area (Å²) in [5.74, 6) is 1.52. The molecule has 3 heteroatoms. The van der Waals surface area contributed by atoms with Crippen molar-refractivity contribution in [1.29, 1.82) is 0 Å². The zero-order valence-electron chi connectivity index (χ0n) is 8.55. The molecule has 3 nitrogen and oxygen atoms in total. The Bertz CT molecular complexity index is 460. The number of rotatable bonds is 2. The third-order valence-corrected chi connectivity index (χ3v) is 2.39. The molecule has 74 valence electrons. The lowest BCUT2D eigenvalue weighted by Crippen LogP contribution is -1.90. The molecule has 0 aliphatic rings. The highest BCUT2D eigenvalue weighted by Gasteiger charge is 2.07. The minimum absolute atomic E-state index is 0.752. The summed E-state index contributed by atoms with van der Waals surface area (Å²) >= 11 is 0. The van der Waals surface area contributed by atoms with Gasteiger partial charge in [0.15, 0.2) is 11.5 Å². The number of ether oxygens (including phenoxy) is 2. The van der Waals surface area contributed by atoms with E-state index < -0.39 is 0 Å². The molecule has 0 unspecified atom stereocenters. The zero-order chi connectivity index (χ0) is 10.1. The fraction of sp³-hybridized carbons (Fsp3) is 0.273. The first-order valence-corrected chi connectivity index (χ1v) is 4.46. The van der Waals surface area contributed by atoms with Gasteiger partial charge in [0.05, 0.1) is 14.2 Å². The van der Waals surface area contributed by atoms with Crippen LogP contribution in [-0.2, 0) is 0 Å². The molecule has 0 radical (unpaired) electrons. The van der Waals surface area contributed by atoms with Crippen molar-refractivity contribution in [2.75, 3.05) is 14.2 Å². The van der Waals surface area contributed by atoms with Crippen molar-refractivity contribution in [2.45, 2.75) is 6.92 Å². The lowest BCUT2D eigenvalue weighted by molar-refractivity contribution is 0.356. The number of methoxy groups -OCH3 is 2. The van der Waals surface area contributed by atoms with E-state index in [2.05, 4.69) is 11.9 Å². The molecule has 0 amide bonds. The van der Waals surface area contributed by atoms with Gasteiger partial charge >= 0.3 is 0 Å². The maximum absolute atomic E-state index is 5.23. The third-order valence-electron chi connectivity index (χ3n) is 2.39. The number of hydrogen-bond donors (Lipinski definition) is 1. The molecule has 0 spiro atoms. The molecule has 0 aliphatic carbocycles. The van der Waals surface area contributed by atoms with Crippen LogP contribution in [0.1, 0.15) is 5.56 Å². The summed E-state index contributed by atoms with van der Waals surface area (Å²) in [6.45, 7) is 2.06. The summed E-state index contributed by atoms with van der Waals surface area (Å²) in [6.07, 6.45) is 1.98. The van der Waals surface area contributed by atoms with Gasteiger partial charge in [0.1, 0.15) is 0 Å². The van der Waals surface area contributed by atoms with Crippen LogP contribution < -0.4 is 9.47 Å². The third kappa shape index (κ3) is 1.21. The molecule has 1 N–H and O–H groups in total. The second-order valence-corrected chi connectivity index (χ2v) is 3.22. The molecule has 2 rings (SSSR count). The first-order chi connectivity index (χ1) is 6.76. The monoisotopic (exact) mass is 191 g/mol. The Morgan fingerprint density at radius 2 is 1.71 bits per heavy atom. The van der Waals surface area contributed by atoms with Gasteiger partial charge in [0, 0.05) is 23.2 Å². The summed E-state index contributed by atoms with van der Waals surface area (Å²) in [5.41, 5.74) is 2.28. The molecule has 0 fully saturated rings. The average molecular weight is 191 g/mol. The van der Waals surface area contributed by atoms with E-state index in [1.165, 1.54) is 10.9 Å². The predicted octanol–water partition coefficient (Wildman–Crippen LogP) is 2.49. The highest BCUT2D eigenvalue weighted by atomic mass is 16.5. The van der Waals surface area contributed by atoms with Crippen molar-refractivity contribution in [3.05, 3.63) is 23.9 Å². The van der Waals surface area contributed by atoms with Crippen LogP contribution in [0.25, 0.3) is 10.9 Å². The van der Waals surface area contributed by atoms with Gasteiger partial charge < -0.3 is 14.5 Å². The summed E-state index contributed by atoms with van der Waals surface area (Å²) in [4.78, 5) is 3.18. The Morgan fingerprint density at radius 3 is 2.36 bits per heavy atom. The SMILES string of the molecule is COc1cc2[nH]cc(C)c2cc1OC. The van der Waals surface area contributed by atoms with Crippen LogP contribution in [0.4, 0.5) is 0 Å². The Hall–Kier alpha value is -1.64. The minimum Gasteiger partial charge on any atom is -0.493 e. The number of aromatic nitrogens is 1. The van der Waals surface area contributed by atoms with Crippen molar-refractivity contribution in [1.82, 2.24) is 4.98 Å². The molecule has 1 heterocycles. The van der Waals surface area contributed by atoms with Crippen LogP contribution in [0, 0.1) is 6.92 Å². The van der Waals surface area contributed by atoms with Gasteiger partial charge in [-0.1, -0.05) is 0 Å². The second kappa shape index (κ2) is 3.25. The van der Waals surface area contributed by atoms with Crippen LogP contribution in [-0.4, -0.2) is 19.2 Å². The van der Waals surface area contributed by atoms with Crippen molar-refractivity contribution in [2.24, 2.45) is 0 Å². The van der Waals surface area contributed by atoms with E-state index in [1.54, 1.807) is 14.2 Å². The predicted molar refractivity (Wildman–Crippen MR) is 56.1 cm³/mol. The lowest BCUT2D eigenvalue weighted by Gasteiger charge is -2.07. The molecule has 2 aromatic rings. The number of benzene rings is 1. The molecular weight excluding hydrogens is 178 g/mol. The standard InChI is InChI=1S/C11H13NO2/c1-7-6-12-9-5-11(14-3)10(13-2)4-8(7)9/h4-6,12H,1-3H3. The van der Waals surface area contributed by atoms with Gasteiger partial charge in [-0.2, -0.15) is 0 Å². The van der Waals surface area contributed by atoms with Crippen molar-refractivity contribution >= 4 is 10.9 Å². The normalized spacial score (nSPS) is 10.5. The highest BCUT2D eigenvalue weighted by Crippen LogP contribution is 2.32. The average Bonchev–Trinajstić information content (AvgIpc) is 2.58. The van der Waals surface area contributed by atoms with Crippen LogP contribution in [0.3, 0.4) is 0 Å². The lowest BCUT2D eigenvalue weighted by atomic mass is 10.2. The highest BCUT2D eigenvalue weighted by molar-refractivity contribution is 5.86. The van der Waals surface area contributed by atoms with E-state index in [0.29, 0.717) is 0 Å². The minimum atomic E-state index is 0.752. The Labute approximate surface area is 82.6 Å². The van der Waals surface area contributed by atoms with Crippen molar-refractivity contribution < 1.29 is 9.47 Å². The summed E-state index contributed by atoms with van der Waals surface area (Å²) in [5, 5.41) is 1.17. The van der Waals surface area contributed by atoms with Crippen LogP contribution in [0.2, 0.25) is 0 Å². The molecule has 0 saturated carbocycles.